The number of urea groups is 1. The lowest BCUT2D eigenvalue weighted by atomic mass is 9.67. The zero-order chi connectivity index (χ0) is 21.2. The van der Waals surface area contributed by atoms with E-state index in [0.717, 1.165) is 24.8 Å². The molecule has 158 valence electrons. The fourth-order valence-electron chi connectivity index (χ4n) is 4.55. The largest absolute Gasteiger partial charge is 0.468 e. The molecule has 3 rings (SSSR count). The summed E-state index contributed by atoms with van der Waals surface area (Å²) in [5, 5.41) is 3.55. The minimum Gasteiger partial charge on any atom is -0.468 e. The predicted octanol–water partition coefficient (Wildman–Crippen LogP) is 3.02. The van der Waals surface area contributed by atoms with Gasteiger partial charge in [0.2, 0.25) is 0 Å². The van der Waals surface area contributed by atoms with Gasteiger partial charge in [-0.1, -0.05) is 50.1 Å². The maximum absolute atomic E-state index is 13.4. The van der Waals surface area contributed by atoms with Gasteiger partial charge in [0, 0.05) is 11.6 Å². The second-order valence-electron chi connectivity index (χ2n) is 8.06. The number of imide groups is 1. The second-order valence-corrected chi connectivity index (χ2v) is 8.47. The highest BCUT2D eigenvalue weighted by molar-refractivity contribution is 6.31. The summed E-state index contributed by atoms with van der Waals surface area (Å²) in [5.41, 5.74) is -0.0596. The van der Waals surface area contributed by atoms with Gasteiger partial charge in [-0.2, -0.15) is 0 Å². The Balaban J connectivity index is 1.83. The number of amides is 3. The number of nitrogens with one attached hydrogen (secondary N) is 1. The van der Waals surface area contributed by atoms with Crippen LogP contribution in [0.1, 0.15) is 38.7 Å². The van der Waals surface area contributed by atoms with Crippen LogP contribution >= 0.6 is 11.6 Å². The fraction of sp³-hybridized carbons (Fsp3) is 0.571. The quantitative estimate of drug-likeness (QED) is 0.564. The molecule has 1 spiro atoms. The van der Waals surface area contributed by atoms with E-state index in [2.05, 4.69) is 5.32 Å². The molecule has 0 aromatic heterocycles. The minimum absolute atomic E-state index is 0.00776. The number of benzene rings is 1. The fourth-order valence-corrected chi connectivity index (χ4v) is 4.75. The van der Waals surface area contributed by atoms with Gasteiger partial charge < -0.3 is 10.1 Å². The van der Waals surface area contributed by atoms with E-state index in [1.54, 1.807) is 11.0 Å². The number of methoxy groups -OCH3 is 1. The molecule has 1 heterocycles. The van der Waals surface area contributed by atoms with E-state index in [9.17, 15) is 14.4 Å². The molecule has 0 bridgehead atoms. The van der Waals surface area contributed by atoms with E-state index in [1.807, 2.05) is 32.0 Å². The number of rotatable bonds is 6. The molecule has 1 saturated heterocycles. The number of hydrogen-bond acceptors (Lipinski definition) is 5. The van der Waals surface area contributed by atoms with Crippen LogP contribution in [-0.4, -0.2) is 53.6 Å². The number of carbonyl (C=O) groups excluding carboxylic acids is 3. The Bertz CT molecular complexity index is 790. The second kappa shape index (κ2) is 8.71. The first-order valence-corrected chi connectivity index (χ1v) is 10.3. The minimum atomic E-state index is -0.864. The first-order valence-electron chi connectivity index (χ1n) is 9.96. The highest BCUT2D eigenvalue weighted by Gasteiger charge is 2.58. The van der Waals surface area contributed by atoms with Crippen molar-refractivity contribution < 1.29 is 19.1 Å². The third kappa shape index (κ3) is 4.12. The van der Waals surface area contributed by atoms with Gasteiger partial charge in [-0.05, 0) is 36.3 Å². The summed E-state index contributed by atoms with van der Waals surface area (Å²) in [4.78, 5) is 41.0. The molecule has 29 heavy (non-hydrogen) atoms. The Kier molecular flexibility index (Phi) is 6.49. The van der Waals surface area contributed by atoms with Gasteiger partial charge in [0.25, 0.3) is 5.91 Å². The van der Waals surface area contributed by atoms with Crippen molar-refractivity contribution in [2.45, 2.75) is 45.2 Å². The number of esters is 1. The average molecular weight is 422 g/mol. The van der Waals surface area contributed by atoms with Crippen LogP contribution in [0, 0.1) is 11.8 Å². The Morgan fingerprint density at radius 2 is 1.93 bits per heavy atom. The molecule has 0 radical (unpaired) electrons. The van der Waals surface area contributed by atoms with Crippen molar-refractivity contribution in [3.8, 4) is 0 Å². The molecular formula is C21H28ClN3O4. The van der Waals surface area contributed by atoms with Gasteiger partial charge in [0.1, 0.15) is 5.54 Å². The molecule has 7 nitrogen and oxygen atoms in total. The number of halogens is 1. The Hall–Kier alpha value is -2.12. The summed E-state index contributed by atoms with van der Waals surface area (Å²) in [6.07, 6.45) is 2.85. The van der Waals surface area contributed by atoms with Crippen LogP contribution in [0.25, 0.3) is 0 Å². The number of hydrogen-bond donors (Lipinski definition) is 1. The van der Waals surface area contributed by atoms with E-state index < -0.39 is 17.5 Å². The Morgan fingerprint density at radius 1 is 1.28 bits per heavy atom. The lowest BCUT2D eigenvalue weighted by Gasteiger charge is -2.42. The van der Waals surface area contributed by atoms with E-state index in [0.29, 0.717) is 11.6 Å². The molecular weight excluding hydrogens is 394 g/mol. The zero-order valence-electron chi connectivity index (χ0n) is 17.1. The first-order chi connectivity index (χ1) is 13.8. The monoisotopic (exact) mass is 421 g/mol. The molecule has 0 unspecified atom stereocenters. The summed E-state index contributed by atoms with van der Waals surface area (Å²) in [5.74, 6) is -0.537. The smallest absolute Gasteiger partial charge is 0.326 e. The van der Waals surface area contributed by atoms with Crippen molar-refractivity contribution >= 4 is 29.5 Å². The lowest BCUT2D eigenvalue weighted by molar-refractivity contribution is -0.145. The third-order valence-electron chi connectivity index (χ3n) is 6.26. The van der Waals surface area contributed by atoms with Gasteiger partial charge in [-0.15, -0.1) is 0 Å². The molecule has 2 aliphatic rings. The number of ether oxygens (including phenoxy) is 1. The van der Waals surface area contributed by atoms with Crippen molar-refractivity contribution in [3.05, 3.63) is 34.9 Å². The molecule has 1 aliphatic carbocycles. The van der Waals surface area contributed by atoms with Crippen LogP contribution in [0.2, 0.25) is 5.02 Å². The number of nitrogens with zero attached hydrogens (tertiary/aromatic N) is 2. The highest BCUT2D eigenvalue weighted by Crippen LogP contribution is 2.42. The Labute approximate surface area is 176 Å². The molecule has 1 saturated carbocycles. The van der Waals surface area contributed by atoms with Crippen molar-refractivity contribution in [1.82, 2.24) is 15.1 Å². The summed E-state index contributed by atoms with van der Waals surface area (Å²) >= 11 is 6.26. The molecule has 1 N–H and O–H groups in total. The van der Waals surface area contributed by atoms with Crippen LogP contribution in [0.5, 0.6) is 0 Å². The van der Waals surface area contributed by atoms with Crippen LogP contribution < -0.4 is 5.32 Å². The van der Waals surface area contributed by atoms with Crippen LogP contribution in [0.15, 0.2) is 24.3 Å². The topological polar surface area (TPSA) is 79.0 Å². The molecule has 1 aliphatic heterocycles. The molecule has 1 aromatic rings. The van der Waals surface area contributed by atoms with Crippen LogP contribution in [0.3, 0.4) is 0 Å². The summed E-state index contributed by atoms with van der Waals surface area (Å²) in [6.45, 7) is 4.29. The van der Waals surface area contributed by atoms with Crippen LogP contribution in [-0.2, 0) is 20.9 Å². The van der Waals surface area contributed by atoms with Crippen molar-refractivity contribution in [3.63, 3.8) is 0 Å². The van der Waals surface area contributed by atoms with Crippen molar-refractivity contribution in [2.75, 3.05) is 20.3 Å². The van der Waals surface area contributed by atoms with Gasteiger partial charge in [0.05, 0.1) is 20.3 Å². The molecule has 2 fully saturated rings. The predicted molar refractivity (Wildman–Crippen MR) is 109 cm³/mol. The zero-order valence-corrected chi connectivity index (χ0v) is 17.9. The van der Waals surface area contributed by atoms with E-state index >= 15 is 0 Å². The van der Waals surface area contributed by atoms with Crippen molar-refractivity contribution in [2.24, 2.45) is 11.8 Å². The van der Waals surface area contributed by atoms with E-state index in [4.69, 9.17) is 16.3 Å². The maximum Gasteiger partial charge on any atom is 0.326 e. The molecule has 8 heteroatoms. The SMILES string of the molecule is COC(=O)CN(Cc1ccccc1Cl)CN1C(=O)NC2(C1=O)[C@@H](C)CCC[C@@H]2C. The van der Waals surface area contributed by atoms with Gasteiger partial charge in [-0.3, -0.25) is 14.5 Å². The lowest BCUT2D eigenvalue weighted by Crippen LogP contribution is -2.59. The van der Waals surface area contributed by atoms with Gasteiger partial charge in [0.15, 0.2) is 0 Å². The highest BCUT2D eigenvalue weighted by atomic mass is 35.5. The summed E-state index contributed by atoms with van der Waals surface area (Å²) in [6, 6.07) is 6.88. The van der Waals surface area contributed by atoms with E-state index in [1.165, 1.54) is 12.0 Å². The number of carbonyl (C=O) groups is 3. The molecule has 3 amide bonds. The average Bonchev–Trinajstić information content (AvgIpc) is 2.93. The Morgan fingerprint density at radius 3 is 2.55 bits per heavy atom. The standard InChI is InChI=1S/C21H28ClN3O4/c1-14-7-6-8-15(2)21(14)19(27)25(20(28)23-21)13-24(12-18(26)29-3)11-16-9-4-5-10-17(16)22/h4-5,9-10,14-15H,6-8,11-13H2,1-3H3,(H,23,28)/t14-,15-/m0/s1. The van der Waals surface area contributed by atoms with E-state index in [-0.39, 0.29) is 31.0 Å². The van der Waals surface area contributed by atoms with Crippen molar-refractivity contribution in [1.29, 1.82) is 0 Å². The molecule has 2 atom stereocenters. The normalized spacial score (nSPS) is 23.6. The van der Waals surface area contributed by atoms with Gasteiger partial charge >= 0.3 is 12.0 Å². The molecule has 1 aromatic carbocycles. The van der Waals surface area contributed by atoms with Crippen LogP contribution in [0.4, 0.5) is 4.79 Å². The maximum atomic E-state index is 13.4. The first kappa shape index (κ1) is 21.6. The summed E-state index contributed by atoms with van der Waals surface area (Å²) in [7, 11) is 1.31. The van der Waals surface area contributed by atoms with Gasteiger partial charge in [-0.25, -0.2) is 9.69 Å². The third-order valence-corrected chi connectivity index (χ3v) is 6.63. The summed E-state index contributed by atoms with van der Waals surface area (Å²) < 4.78 is 4.79.